The average molecular weight is 340 g/mol. The van der Waals surface area contributed by atoms with Crippen molar-refractivity contribution in [3.05, 3.63) is 41.0 Å². The normalized spacial score (nSPS) is 12.0. The number of alkyl halides is 3. The predicted octanol–water partition coefficient (Wildman–Crippen LogP) is 4.51. The molecule has 0 aliphatic rings. The fraction of sp³-hybridized carbons (Fsp3) is 0.412. The highest BCUT2D eigenvalue weighted by atomic mass is 19.4. The van der Waals surface area contributed by atoms with Crippen LogP contribution in [0.4, 0.5) is 18.0 Å². The summed E-state index contributed by atoms with van der Waals surface area (Å²) in [5.74, 6) is 0. The van der Waals surface area contributed by atoms with Crippen molar-refractivity contribution in [3.8, 4) is 6.07 Å². The molecule has 0 spiro atoms. The van der Waals surface area contributed by atoms with E-state index in [1.54, 1.807) is 39.0 Å². The monoisotopic (exact) mass is 340 g/mol. The van der Waals surface area contributed by atoms with E-state index in [1.807, 2.05) is 0 Å². The van der Waals surface area contributed by atoms with Crippen molar-refractivity contribution in [2.45, 2.75) is 39.0 Å². The van der Waals surface area contributed by atoms with Crippen LogP contribution >= 0.6 is 0 Å². The van der Waals surface area contributed by atoms with Crippen LogP contribution in [0.3, 0.4) is 0 Å². The van der Waals surface area contributed by atoms with E-state index >= 15 is 0 Å². The van der Waals surface area contributed by atoms with Crippen LogP contribution in [0.25, 0.3) is 6.08 Å². The maximum atomic E-state index is 12.6. The van der Waals surface area contributed by atoms with Crippen LogP contribution < -0.4 is 5.32 Å². The molecule has 0 bridgehead atoms. The van der Waals surface area contributed by atoms with Crippen LogP contribution in [-0.4, -0.2) is 18.2 Å². The Labute approximate surface area is 138 Å². The van der Waals surface area contributed by atoms with E-state index in [1.165, 1.54) is 6.07 Å². The van der Waals surface area contributed by atoms with Crippen molar-refractivity contribution in [2.24, 2.45) is 0 Å². The van der Waals surface area contributed by atoms with E-state index in [2.05, 4.69) is 5.32 Å². The first-order chi connectivity index (χ1) is 11.0. The molecule has 0 saturated carbocycles. The third-order valence-corrected chi connectivity index (χ3v) is 2.78. The first-order valence-corrected chi connectivity index (χ1v) is 7.27. The van der Waals surface area contributed by atoms with Crippen molar-refractivity contribution in [2.75, 3.05) is 6.54 Å². The molecule has 0 unspecified atom stereocenters. The van der Waals surface area contributed by atoms with E-state index in [0.717, 1.165) is 12.1 Å². The third-order valence-electron chi connectivity index (χ3n) is 2.78. The van der Waals surface area contributed by atoms with E-state index < -0.39 is 23.4 Å². The van der Waals surface area contributed by atoms with Crippen LogP contribution in [0.2, 0.25) is 0 Å². The van der Waals surface area contributed by atoms with Crippen LogP contribution in [0.5, 0.6) is 0 Å². The molecule has 0 aromatic heterocycles. The minimum absolute atomic E-state index is 0.0545. The molecule has 1 amide bonds. The fourth-order valence-electron chi connectivity index (χ4n) is 1.76. The quantitative estimate of drug-likeness (QED) is 0.821. The number of alkyl carbamates (subject to hydrolysis) is 1. The van der Waals surface area contributed by atoms with Gasteiger partial charge >= 0.3 is 12.3 Å². The van der Waals surface area contributed by atoms with Crippen molar-refractivity contribution < 1.29 is 22.7 Å². The SMILES string of the molecule is CC(C)(C)OC(=O)NCCC=Cc1ccc(C(F)(F)F)cc1C#N. The number of ether oxygens (including phenoxy) is 1. The van der Waals surface area contributed by atoms with Crippen LogP contribution in [0, 0.1) is 11.3 Å². The smallest absolute Gasteiger partial charge is 0.416 e. The molecule has 0 heterocycles. The second kappa shape index (κ2) is 7.86. The number of carbonyl (C=O) groups is 1. The lowest BCUT2D eigenvalue weighted by Gasteiger charge is -2.19. The van der Waals surface area contributed by atoms with Crippen molar-refractivity contribution in [1.82, 2.24) is 5.32 Å². The summed E-state index contributed by atoms with van der Waals surface area (Å²) in [7, 11) is 0. The van der Waals surface area contributed by atoms with Gasteiger partial charge in [0.15, 0.2) is 0 Å². The highest BCUT2D eigenvalue weighted by Gasteiger charge is 2.30. The first-order valence-electron chi connectivity index (χ1n) is 7.27. The topological polar surface area (TPSA) is 62.1 Å². The number of hydrogen-bond acceptors (Lipinski definition) is 3. The van der Waals surface area contributed by atoms with Gasteiger partial charge in [-0.2, -0.15) is 18.4 Å². The highest BCUT2D eigenvalue weighted by molar-refractivity contribution is 5.67. The molecule has 1 rings (SSSR count). The Bertz CT molecular complexity index is 653. The van der Waals surface area contributed by atoms with Gasteiger partial charge in [0.1, 0.15) is 5.60 Å². The zero-order valence-electron chi connectivity index (χ0n) is 13.7. The standard InChI is InChI=1S/C17H19F3N2O2/c1-16(2,3)24-15(23)22-9-5-4-6-12-7-8-14(17(18,19)20)10-13(12)11-21/h4,6-8,10H,5,9H2,1-3H3,(H,22,23). The maximum Gasteiger partial charge on any atom is 0.416 e. The molecule has 0 radical (unpaired) electrons. The van der Waals surface area contributed by atoms with Gasteiger partial charge in [0.25, 0.3) is 0 Å². The largest absolute Gasteiger partial charge is 0.444 e. The predicted molar refractivity (Wildman–Crippen MR) is 84.0 cm³/mol. The molecule has 1 aromatic carbocycles. The lowest BCUT2D eigenvalue weighted by molar-refractivity contribution is -0.137. The van der Waals surface area contributed by atoms with Gasteiger partial charge in [-0.1, -0.05) is 18.2 Å². The minimum atomic E-state index is -4.48. The van der Waals surface area contributed by atoms with Crippen molar-refractivity contribution in [1.29, 1.82) is 5.26 Å². The molecule has 0 aliphatic carbocycles. The Hall–Kier alpha value is -2.49. The summed E-state index contributed by atoms with van der Waals surface area (Å²) in [5.41, 5.74) is -1.10. The molecule has 4 nitrogen and oxygen atoms in total. The van der Waals surface area contributed by atoms with E-state index in [9.17, 15) is 18.0 Å². The number of hydrogen-bond donors (Lipinski definition) is 1. The highest BCUT2D eigenvalue weighted by Crippen LogP contribution is 2.30. The summed E-state index contributed by atoms with van der Waals surface area (Å²) in [6.45, 7) is 5.56. The number of amides is 1. The summed E-state index contributed by atoms with van der Waals surface area (Å²) in [6.07, 6.45) is -1.35. The Morgan fingerprint density at radius 3 is 2.54 bits per heavy atom. The maximum absolute atomic E-state index is 12.6. The molecule has 1 aromatic rings. The van der Waals surface area contributed by atoms with Crippen LogP contribution in [0.15, 0.2) is 24.3 Å². The van der Waals surface area contributed by atoms with Crippen LogP contribution in [-0.2, 0) is 10.9 Å². The van der Waals surface area contributed by atoms with E-state index in [0.29, 0.717) is 18.5 Å². The molecule has 1 N–H and O–H groups in total. The van der Waals surface area contributed by atoms with Gasteiger partial charge in [0, 0.05) is 6.54 Å². The van der Waals surface area contributed by atoms with Gasteiger partial charge in [-0.05, 0) is 44.9 Å². The molecule has 130 valence electrons. The molecule has 0 saturated heterocycles. The molecule has 24 heavy (non-hydrogen) atoms. The van der Waals surface area contributed by atoms with Crippen LogP contribution in [0.1, 0.15) is 43.9 Å². The average Bonchev–Trinajstić information content (AvgIpc) is 2.44. The first kappa shape index (κ1) is 19.6. The number of nitrogens with one attached hydrogen (secondary N) is 1. The fourth-order valence-corrected chi connectivity index (χ4v) is 1.76. The third kappa shape index (κ3) is 6.73. The number of rotatable bonds is 4. The Balaban J connectivity index is 2.59. The Morgan fingerprint density at radius 1 is 1.33 bits per heavy atom. The van der Waals surface area contributed by atoms with Gasteiger partial charge < -0.3 is 10.1 Å². The van der Waals surface area contributed by atoms with Gasteiger partial charge in [-0.25, -0.2) is 4.79 Å². The zero-order valence-corrected chi connectivity index (χ0v) is 13.7. The van der Waals surface area contributed by atoms with Gasteiger partial charge in [-0.15, -0.1) is 0 Å². The molecular formula is C17H19F3N2O2. The molecule has 0 fully saturated rings. The lowest BCUT2D eigenvalue weighted by Crippen LogP contribution is -2.32. The number of nitriles is 1. The summed E-state index contributed by atoms with van der Waals surface area (Å²) in [4.78, 5) is 11.4. The Kier molecular flexibility index (Phi) is 6.41. The van der Waals surface area contributed by atoms with Crippen molar-refractivity contribution >= 4 is 12.2 Å². The molecular weight excluding hydrogens is 321 g/mol. The minimum Gasteiger partial charge on any atom is -0.444 e. The zero-order chi connectivity index (χ0) is 18.4. The second-order valence-electron chi connectivity index (χ2n) is 6.03. The van der Waals surface area contributed by atoms with Gasteiger partial charge in [-0.3, -0.25) is 0 Å². The summed E-state index contributed by atoms with van der Waals surface area (Å²) in [5, 5.41) is 11.5. The second-order valence-corrected chi connectivity index (χ2v) is 6.03. The Morgan fingerprint density at radius 2 is 2.00 bits per heavy atom. The summed E-state index contributed by atoms with van der Waals surface area (Å²) < 4.78 is 42.9. The summed E-state index contributed by atoms with van der Waals surface area (Å²) >= 11 is 0. The number of benzene rings is 1. The lowest BCUT2D eigenvalue weighted by atomic mass is 10.0. The van der Waals surface area contributed by atoms with Gasteiger partial charge in [0.05, 0.1) is 17.2 Å². The number of carbonyl (C=O) groups excluding carboxylic acids is 1. The van der Waals surface area contributed by atoms with Crippen molar-refractivity contribution in [3.63, 3.8) is 0 Å². The van der Waals surface area contributed by atoms with Gasteiger partial charge in [0.2, 0.25) is 0 Å². The molecule has 0 aliphatic heterocycles. The molecule has 0 atom stereocenters. The number of nitrogens with zero attached hydrogens (tertiary/aromatic N) is 1. The van der Waals surface area contributed by atoms with E-state index in [4.69, 9.17) is 10.00 Å². The van der Waals surface area contributed by atoms with E-state index in [-0.39, 0.29) is 5.56 Å². The number of halogens is 3. The summed E-state index contributed by atoms with van der Waals surface area (Å²) in [6, 6.07) is 4.75. The molecule has 7 heteroatoms.